The van der Waals surface area contributed by atoms with Crippen molar-refractivity contribution in [3.05, 3.63) is 96.1 Å². The van der Waals surface area contributed by atoms with E-state index in [9.17, 15) is 19.8 Å². The summed E-state index contributed by atoms with van der Waals surface area (Å²) in [5.41, 5.74) is 13.3. The molecule has 8 heteroatoms. The van der Waals surface area contributed by atoms with Gasteiger partial charge in [-0.3, -0.25) is 0 Å². The van der Waals surface area contributed by atoms with Crippen molar-refractivity contribution in [1.82, 2.24) is 0 Å². The minimum atomic E-state index is -1.19. The Labute approximate surface area is 194 Å². The van der Waals surface area contributed by atoms with Crippen LogP contribution in [0.15, 0.2) is 84.9 Å². The van der Waals surface area contributed by atoms with E-state index in [-0.39, 0.29) is 22.6 Å². The summed E-state index contributed by atoms with van der Waals surface area (Å²) in [5.74, 6) is -1.22. The van der Waals surface area contributed by atoms with E-state index in [1.807, 2.05) is 0 Å². The van der Waals surface area contributed by atoms with E-state index in [2.05, 4.69) is 0 Å². The highest BCUT2D eigenvalue weighted by molar-refractivity contribution is 5.95. The van der Waals surface area contributed by atoms with Gasteiger partial charge in [-0.15, -0.1) is 0 Å². The monoisotopic (exact) mass is 456 g/mol. The van der Waals surface area contributed by atoms with Crippen LogP contribution in [0.4, 0.5) is 11.4 Å². The second-order valence-corrected chi connectivity index (χ2v) is 7.37. The maximum atomic E-state index is 11.9. The number of carboxylic acids is 2. The van der Waals surface area contributed by atoms with Crippen LogP contribution in [-0.2, 0) is 0 Å². The van der Waals surface area contributed by atoms with Crippen molar-refractivity contribution < 1.29 is 29.3 Å². The first-order valence-electron chi connectivity index (χ1n) is 10.1. The number of benzene rings is 4. The Bertz CT molecular complexity index is 1260. The summed E-state index contributed by atoms with van der Waals surface area (Å²) in [6.45, 7) is 0. The third kappa shape index (κ3) is 4.91. The van der Waals surface area contributed by atoms with Crippen LogP contribution in [0.1, 0.15) is 20.7 Å². The van der Waals surface area contributed by atoms with Crippen LogP contribution in [-0.4, -0.2) is 22.2 Å². The molecule has 4 aromatic rings. The molecule has 0 radical (unpaired) electrons. The van der Waals surface area contributed by atoms with Crippen molar-refractivity contribution in [2.75, 3.05) is 11.5 Å². The van der Waals surface area contributed by atoms with Crippen molar-refractivity contribution in [2.45, 2.75) is 0 Å². The fraction of sp³-hybridized carbons (Fsp3) is 0. The molecule has 0 spiro atoms. The molecule has 0 unspecified atom stereocenters. The molecule has 34 heavy (non-hydrogen) atoms. The Morgan fingerprint density at radius 3 is 1.24 bits per heavy atom. The van der Waals surface area contributed by atoms with Crippen molar-refractivity contribution >= 4 is 23.3 Å². The zero-order valence-corrected chi connectivity index (χ0v) is 17.8. The van der Waals surface area contributed by atoms with Crippen molar-refractivity contribution in [2.24, 2.45) is 0 Å². The second kappa shape index (κ2) is 9.25. The van der Waals surface area contributed by atoms with Gasteiger partial charge in [0, 0.05) is 11.4 Å². The lowest BCUT2D eigenvalue weighted by molar-refractivity contribution is 0.0683. The number of ether oxygens (including phenoxy) is 2. The fourth-order valence-corrected chi connectivity index (χ4v) is 3.26. The van der Waals surface area contributed by atoms with Crippen LogP contribution in [0.3, 0.4) is 0 Å². The van der Waals surface area contributed by atoms with Gasteiger partial charge in [0.1, 0.15) is 34.1 Å². The van der Waals surface area contributed by atoms with Crippen LogP contribution in [0.25, 0.3) is 11.1 Å². The number of rotatable bonds is 7. The standard InChI is InChI=1S/C26H20N2O6/c27-17-3-7-19(8-4-17)33-23-11-1-15(13-21(23)25(29)30)16-2-12-24(22(14-16)26(31)32)34-20-9-5-18(28)6-10-20/h1-14H,27-28H2,(H,29,30)(H,31,32). The summed E-state index contributed by atoms with van der Waals surface area (Å²) in [4.78, 5) is 23.8. The van der Waals surface area contributed by atoms with Crippen LogP contribution in [0, 0.1) is 0 Å². The molecule has 0 bridgehead atoms. The van der Waals surface area contributed by atoms with E-state index >= 15 is 0 Å². The van der Waals surface area contributed by atoms with Crippen LogP contribution < -0.4 is 20.9 Å². The predicted octanol–water partition coefficient (Wildman–Crippen LogP) is 5.50. The third-order valence-electron chi connectivity index (χ3n) is 4.97. The first-order chi connectivity index (χ1) is 16.3. The van der Waals surface area contributed by atoms with Crippen molar-refractivity contribution in [1.29, 1.82) is 0 Å². The van der Waals surface area contributed by atoms with E-state index in [0.29, 0.717) is 34.0 Å². The highest BCUT2D eigenvalue weighted by Gasteiger charge is 2.17. The number of hydrogen-bond acceptors (Lipinski definition) is 6. The predicted molar refractivity (Wildman–Crippen MR) is 128 cm³/mol. The lowest BCUT2D eigenvalue weighted by Crippen LogP contribution is -2.02. The molecule has 6 N–H and O–H groups in total. The lowest BCUT2D eigenvalue weighted by atomic mass is 10.00. The molecule has 0 amide bonds. The summed E-state index contributed by atoms with van der Waals surface area (Å²) in [6, 6.07) is 22.3. The number of carboxylic acid groups (broad SMARTS) is 2. The number of carbonyl (C=O) groups is 2. The first kappa shape index (κ1) is 22.2. The maximum Gasteiger partial charge on any atom is 0.339 e. The summed E-state index contributed by atoms with van der Waals surface area (Å²) in [5, 5.41) is 19.4. The molecule has 0 aliphatic heterocycles. The molecule has 170 valence electrons. The van der Waals surface area contributed by atoms with E-state index in [1.165, 1.54) is 24.3 Å². The van der Waals surface area contributed by atoms with Crippen LogP contribution >= 0.6 is 0 Å². The molecule has 0 aliphatic carbocycles. The number of aromatic carboxylic acids is 2. The van der Waals surface area contributed by atoms with Crippen molar-refractivity contribution in [3.63, 3.8) is 0 Å². The first-order valence-corrected chi connectivity index (χ1v) is 10.1. The minimum Gasteiger partial charge on any atom is -0.478 e. The number of nitrogens with two attached hydrogens (primary N) is 2. The highest BCUT2D eigenvalue weighted by Crippen LogP contribution is 2.34. The zero-order valence-electron chi connectivity index (χ0n) is 17.8. The number of nitrogen functional groups attached to an aromatic ring is 2. The molecule has 0 aliphatic rings. The van der Waals surface area contributed by atoms with E-state index in [4.69, 9.17) is 20.9 Å². The minimum absolute atomic E-state index is 0.0756. The Morgan fingerprint density at radius 1 is 0.559 bits per heavy atom. The van der Waals surface area contributed by atoms with Gasteiger partial charge in [0.2, 0.25) is 0 Å². The Balaban J connectivity index is 1.67. The average molecular weight is 456 g/mol. The van der Waals surface area contributed by atoms with Gasteiger partial charge in [0.05, 0.1) is 0 Å². The number of hydrogen-bond donors (Lipinski definition) is 4. The van der Waals surface area contributed by atoms with Gasteiger partial charge in [-0.2, -0.15) is 0 Å². The SMILES string of the molecule is Nc1ccc(Oc2ccc(-c3ccc(Oc4ccc(N)cc4)c(C(=O)O)c3)cc2C(=O)O)cc1. The van der Waals surface area contributed by atoms with Gasteiger partial charge in [0.25, 0.3) is 0 Å². The Morgan fingerprint density at radius 2 is 0.912 bits per heavy atom. The van der Waals surface area contributed by atoms with Gasteiger partial charge in [-0.1, -0.05) is 12.1 Å². The van der Waals surface area contributed by atoms with Gasteiger partial charge in [-0.05, 0) is 83.9 Å². The van der Waals surface area contributed by atoms with Crippen molar-refractivity contribution in [3.8, 4) is 34.1 Å². The van der Waals surface area contributed by atoms with E-state index < -0.39 is 11.9 Å². The summed E-state index contributed by atoms with van der Waals surface area (Å²) in [6.07, 6.45) is 0. The topological polar surface area (TPSA) is 145 Å². The summed E-state index contributed by atoms with van der Waals surface area (Å²) >= 11 is 0. The molecule has 4 aromatic carbocycles. The molecular formula is C26H20N2O6. The molecule has 0 aromatic heterocycles. The Hall–Kier alpha value is -4.98. The fourth-order valence-electron chi connectivity index (χ4n) is 3.26. The van der Waals surface area contributed by atoms with Crippen LogP contribution in [0.2, 0.25) is 0 Å². The van der Waals surface area contributed by atoms with E-state index in [0.717, 1.165) is 0 Å². The van der Waals surface area contributed by atoms with Gasteiger partial charge < -0.3 is 31.2 Å². The Kier molecular flexibility index (Phi) is 6.05. The largest absolute Gasteiger partial charge is 0.478 e. The number of anilines is 2. The lowest BCUT2D eigenvalue weighted by Gasteiger charge is -2.13. The molecule has 4 rings (SSSR count). The highest BCUT2D eigenvalue weighted by atomic mass is 16.5. The molecule has 8 nitrogen and oxygen atoms in total. The molecule has 0 saturated heterocycles. The quantitative estimate of drug-likeness (QED) is 0.267. The molecule has 0 saturated carbocycles. The van der Waals surface area contributed by atoms with Gasteiger partial charge in [0.15, 0.2) is 0 Å². The molecular weight excluding hydrogens is 436 g/mol. The molecule has 0 heterocycles. The normalized spacial score (nSPS) is 10.5. The maximum absolute atomic E-state index is 11.9. The molecule has 0 atom stereocenters. The average Bonchev–Trinajstić information content (AvgIpc) is 2.82. The summed E-state index contributed by atoms with van der Waals surface area (Å²) < 4.78 is 11.4. The van der Waals surface area contributed by atoms with Gasteiger partial charge in [-0.25, -0.2) is 9.59 Å². The smallest absolute Gasteiger partial charge is 0.339 e. The molecule has 0 fully saturated rings. The van der Waals surface area contributed by atoms with Gasteiger partial charge >= 0.3 is 11.9 Å². The zero-order chi connectivity index (χ0) is 24.2. The second-order valence-electron chi connectivity index (χ2n) is 7.37. The third-order valence-corrected chi connectivity index (χ3v) is 4.97. The van der Waals surface area contributed by atoms with E-state index in [1.54, 1.807) is 60.7 Å². The summed E-state index contributed by atoms with van der Waals surface area (Å²) in [7, 11) is 0. The van der Waals surface area contributed by atoms with Crippen LogP contribution in [0.5, 0.6) is 23.0 Å².